The number of anilines is 1. The Morgan fingerprint density at radius 1 is 1.33 bits per heavy atom. The highest BCUT2D eigenvalue weighted by Crippen LogP contribution is 2.27. The molecule has 0 aliphatic heterocycles. The van der Waals surface area contributed by atoms with Gasteiger partial charge in [-0.05, 0) is 24.3 Å². The van der Waals surface area contributed by atoms with E-state index in [0.29, 0.717) is 18.1 Å². The Labute approximate surface area is 124 Å². The van der Waals surface area contributed by atoms with E-state index < -0.39 is 10.0 Å². The van der Waals surface area contributed by atoms with Gasteiger partial charge in [-0.1, -0.05) is 6.92 Å². The van der Waals surface area contributed by atoms with Gasteiger partial charge in [-0.25, -0.2) is 8.42 Å². The van der Waals surface area contributed by atoms with Crippen LogP contribution in [0.5, 0.6) is 5.75 Å². The summed E-state index contributed by atoms with van der Waals surface area (Å²) >= 11 is 0. The second kappa shape index (κ2) is 6.19. The summed E-state index contributed by atoms with van der Waals surface area (Å²) in [6.07, 6.45) is 1.51. The van der Waals surface area contributed by atoms with Crippen molar-refractivity contribution in [1.82, 2.24) is 4.31 Å². The van der Waals surface area contributed by atoms with Crippen LogP contribution in [0, 0.1) is 0 Å². The molecule has 0 unspecified atom stereocenters. The van der Waals surface area contributed by atoms with Gasteiger partial charge in [-0.3, -0.25) is 0 Å². The Bertz CT molecular complexity index is 696. The van der Waals surface area contributed by atoms with Crippen LogP contribution < -0.4 is 10.5 Å². The van der Waals surface area contributed by atoms with Crippen LogP contribution >= 0.6 is 0 Å². The molecule has 0 fully saturated rings. The van der Waals surface area contributed by atoms with Crippen molar-refractivity contribution in [3.8, 4) is 5.75 Å². The number of sulfonamides is 1. The summed E-state index contributed by atoms with van der Waals surface area (Å²) in [5.41, 5.74) is 6.00. The van der Waals surface area contributed by atoms with Gasteiger partial charge in [0.1, 0.15) is 16.4 Å². The van der Waals surface area contributed by atoms with E-state index in [-0.39, 0.29) is 17.1 Å². The molecule has 7 heteroatoms. The number of hydrogen-bond donors (Lipinski definition) is 1. The molecule has 2 rings (SSSR count). The maximum absolute atomic E-state index is 12.7. The SMILES string of the molecule is CCN(Cc1ccco1)S(=O)(=O)c1ccc(OC)cc1N. The summed E-state index contributed by atoms with van der Waals surface area (Å²) in [5.74, 6) is 1.09. The number of nitrogens with two attached hydrogens (primary N) is 1. The lowest BCUT2D eigenvalue weighted by Crippen LogP contribution is -2.30. The van der Waals surface area contributed by atoms with Crippen LogP contribution in [0.3, 0.4) is 0 Å². The van der Waals surface area contributed by atoms with E-state index >= 15 is 0 Å². The van der Waals surface area contributed by atoms with Crippen LogP contribution in [0.25, 0.3) is 0 Å². The highest BCUT2D eigenvalue weighted by molar-refractivity contribution is 7.89. The molecule has 21 heavy (non-hydrogen) atoms. The van der Waals surface area contributed by atoms with Gasteiger partial charge in [-0.15, -0.1) is 0 Å². The smallest absolute Gasteiger partial charge is 0.245 e. The summed E-state index contributed by atoms with van der Waals surface area (Å²) < 4.78 is 36.9. The fourth-order valence-corrected chi connectivity index (χ4v) is 3.48. The van der Waals surface area contributed by atoms with E-state index in [9.17, 15) is 8.42 Å². The highest BCUT2D eigenvalue weighted by atomic mass is 32.2. The summed E-state index contributed by atoms with van der Waals surface area (Å²) in [6, 6.07) is 7.97. The van der Waals surface area contributed by atoms with Crippen molar-refractivity contribution >= 4 is 15.7 Å². The fourth-order valence-electron chi connectivity index (χ4n) is 1.97. The second-order valence-corrected chi connectivity index (χ2v) is 6.32. The van der Waals surface area contributed by atoms with Crippen molar-refractivity contribution in [3.63, 3.8) is 0 Å². The van der Waals surface area contributed by atoms with Crippen molar-refractivity contribution in [2.24, 2.45) is 0 Å². The van der Waals surface area contributed by atoms with E-state index in [1.54, 1.807) is 25.1 Å². The maximum atomic E-state index is 12.7. The van der Waals surface area contributed by atoms with E-state index in [2.05, 4.69) is 0 Å². The average Bonchev–Trinajstić information content (AvgIpc) is 2.97. The fraction of sp³-hybridized carbons (Fsp3) is 0.286. The van der Waals surface area contributed by atoms with Gasteiger partial charge >= 0.3 is 0 Å². The van der Waals surface area contributed by atoms with E-state index in [1.807, 2.05) is 0 Å². The Kier molecular flexibility index (Phi) is 4.54. The average molecular weight is 310 g/mol. The molecule has 0 atom stereocenters. The number of benzene rings is 1. The van der Waals surface area contributed by atoms with Crippen molar-refractivity contribution in [2.45, 2.75) is 18.4 Å². The molecule has 0 spiro atoms. The van der Waals surface area contributed by atoms with Crippen molar-refractivity contribution in [2.75, 3.05) is 19.4 Å². The Balaban J connectivity index is 2.35. The van der Waals surface area contributed by atoms with Crippen LogP contribution in [0.2, 0.25) is 0 Å². The Hall–Kier alpha value is -1.99. The summed E-state index contributed by atoms with van der Waals surface area (Å²) in [5, 5.41) is 0. The van der Waals surface area contributed by atoms with Crippen LogP contribution in [0.4, 0.5) is 5.69 Å². The molecule has 1 heterocycles. The van der Waals surface area contributed by atoms with Crippen LogP contribution in [0.1, 0.15) is 12.7 Å². The third-order valence-corrected chi connectivity index (χ3v) is 5.09. The van der Waals surface area contributed by atoms with Gasteiger partial charge in [0.15, 0.2) is 0 Å². The highest BCUT2D eigenvalue weighted by Gasteiger charge is 2.26. The lowest BCUT2D eigenvalue weighted by Gasteiger charge is -2.20. The zero-order valence-corrected chi connectivity index (χ0v) is 12.8. The second-order valence-electron chi connectivity index (χ2n) is 4.41. The number of furan rings is 1. The molecule has 114 valence electrons. The first kappa shape index (κ1) is 15.4. The number of nitrogens with zero attached hydrogens (tertiary/aromatic N) is 1. The lowest BCUT2D eigenvalue weighted by atomic mass is 10.3. The van der Waals surface area contributed by atoms with Crippen molar-refractivity contribution in [3.05, 3.63) is 42.4 Å². The minimum atomic E-state index is -3.69. The monoisotopic (exact) mass is 310 g/mol. The zero-order valence-electron chi connectivity index (χ0n) is 11.9. The molecule has 0 aliphatic rings. The zero-order chi connectivity index (χ0) is 15.5. The number of nitrogen functional groups attached to an aromatic ring is 1. The minimum absolute atomic E-state index is 0.0664. The summed E-state index contributed by atoms with van der Waals surface area (Å²) in [4.78, 5) is 0.0664. The normalized spacial score (nSPS) is 11.8. The predicted molar refractivity (Wildman–Crippen MR) is 79.4 cm³/mol. The van der Waals surface area contributed by atoms with Crippen molar-refractivity contribution in [1.29, 1.82) is 0 Å². The molecule has 1 aromatic carbocycles. The van der Waals surface area contributed by atoms with Gasteiger partial charge in [-0.2, -0.15) is 4.31 Å². The summed E-state index contributed by atoms with van der Waals surface area (Å²) in [7, 11) is -2.19. The molecule has 1 aromatic heterocycles. The van der Waals surface area contributed by atoms with E-state index in [1.165, 1.54) is 29.8 Å². The number of rotatable bonds is 6. The number of methoxy groups -OCH3 is 1. The standard InChI is InChI=1S/C14H18N2O4S/c1-3-16(10-12-5-4-8-20-12)21(17,18)14-7-6-11(19-2)9-13(14)15/h4-9H,3,10,15H2,1-2H3. The van der Waals surface area contributed by atoms with Gasteiger partial charge in [0.2, 0.25) is 10.0 Å². The third-order valence-electron chi connectivity index (χ3n) is 3.10. The van der Waals surface area contributed by atoms with E-state index in [4.69, 9.17) is 14.9 Å². The maximum Gasteiger partial charge on any atom is 0.245 e. The van der Waals surface area contributed by atoms with Gasteiger partial charge in [0.25, 0.3) is 0 Å². The van der Waals surface area contributed by atoms with Crippen LogP contribution in [-0.4, -0.2) is 26.4 Å². The molecule has 2 aromatic rings. The largest absolute Gasteiger partial charge is 0.497 e. The molecule has 0 radical (unpaired) electrons. The first-order valence-electron chi connectivity index (χ1n) is 6.45. The molecular weight excluding hydrogens is 292 g/mol. The first-order valence-corrected chi connectivity index (χ1v) is 7.89. The van der Waals surface area contributed by atoms with Crippen molar-refractivity contribution < 1.29 is 17.6 Å². The van der Waals surface area contributed by atoms with Crippen LogP contribution in [0.15, 0.2) is 45.9 Å². The van der Waals surface area contributed by atoms with E-state index in [0.717, 1.165) is 0 Å². The Morgan fingerprint density at radius 2 is 2.10 bits per heavy atom. The third kappa shape index (κ3) is 3.20. The number of hydrogen-bond acceptors (Lipinski definition) is 5. The molecule has 0 saturated heterocycles. The minimum Gasteiger partial charge on any atom is -0.497 e. The van der Waals surface area contributed by atoms with Crippen LogP contribution in [-0.2, 0) is 16.6 Å². The van der Waals surface area contributed by atoms with Gasteiger partial charge < -0.3 is 14.9 Å². The Morgan fingerprint density at radius 3 is 2.62 bits per heavy atom. The lowest BCUT2D eigenvalue weighted by molar-refractivity contribution is 0.375. The molecular formula is C14H18N2O4S. The quantitative estimate of drug-likeness (QED) is 0.826. The topological polar surface area (TPSA) is 85.8 Å². The van der Waals surface area contributed by atoms with Gasteiger partial charge in [0.05, 0.1) is 25.6 Å². The molecule has 2 N–H and O–H groups in total. The summed E-state index contributed by atoms with van der Waals surface area (Å²) in [6.45, 7) is 2.24. The van der Waals surface area contributed by atoms with Gasteiger partial charge in [0, 0.05) is 12.6 Å². The molecule has 6 nitrogen and oxygen atoms in total. The predicted octanol–water partition coefficient (Wildman–Crippen LogP) is 2.08. The molecule has 0 saturated carbocycles. The first-order chi connectivity index (χ1) is 9.98. The number of ether oxygens (including phenoxy) is 1. The molecule has 0 aliphatic carbocycles. The molecule has 0 bridgehead atoms. The molecule has 0 amide bonds.